The van der Waals surface area contributed by atoms with Crippen LogP contribution in [-0.2, 0) is 13.0 Å². The molecule has 2 amide bonds. The number of amides is 2. The van der Waals surface area contributed by atoms with Crippen LogP contribution in [0.5, 0.6) is 0 Å². The molecule has 0 unspecified atom stereocenters. The number of carbonyl (C=O) groups is 1. The summed E-state index contributed by atoms with van der Waals surface area (Å²) in [4.78, 5) is 12.1. The molecular weight excluding hydrogens is 336 g/mol. The SMILES string of the molecule is C[C@@](O)(CCc1ccccc1)CNC(=O)NCc1cccc2ccccc12. The number of hydrogen-bond donors (Lipinski definition) is 3. The quantitative estimate of drug-likeness (QED) is 0.594. The Bertz CT molecular complexity index is 886. The maximum absolute atomic E-state index is 12.1. The third-order valence-corrected chi connectivity index (χ3v) is 4.74. The van der Waals surface area contributed by atoms with Crippen LogP contribution in [0, 0.1) is 0 Å². The third kappa shape index (κ3) is 5.56. The van der Waals surface area contributed by atoms with Crippen molar-refractivity contribution < 1.29 is 9.90 Å². The number of nitrogens with one attached hydrogen (secondary N) is 2. The lowest BCUT2D eigenvalue weighted by Gasteiger charge is -2.24. The summed E-state index contributed by atoms with van der Waals surface area (Å²) in [5, 5.41) is 18.5. The van der Waals surface area contributed by atoms with E-state index < -0.39 is 5.60 Å². The van der Waals surface area contributed by atoms with Crippen molar-refractivity contribution in [3.63, 3.8) is 0 Å². The molecular formula is C23H26N2O2. The Morgan fingerprint density at radius 2 is 1.63 bits per heavy atom. The molecule has 0 aliphatic carbocycles. The summed E-state index contributed by atoms with van der Waals surface area (Å²) < 4.78 is 0. The van der Waals surface area contributed by atoms with E-state index in [0.29, 0.717) is 13.0 Å². The number of aliphatic hydroxyl groups is 1. The van der Waals surface area contributed by atoms with E-state index in [1.807, 2.05) is 54.6 Å². The Balaban J connectivity index is 1.47. The van der Waals surface area contributed by atoms with Crippen LogP contribution in [0.4, 0.5) is 4.79 Å². The molecule has 3 aromatic carbocycles. The molecule has 3 rings (SSSR count). The summed E-state index contributed by atoms with van der Waals surface area (Å²) in [5.74, 6) is 0. The first-order chi connectivity index (χ1) is 13.0. The van der Waals surface area contributed by atoms with Gasteiger partial charge in [-0.3, -0.25) is 0 Å². The standard InChI is InChI=1S/C23H26N2O2/c1-23(27,15-14-18-8-3-2-4-9-18)17-25-22(26)24-16-20-12-7-11-19-10-5-6-13-21(19)20/h2-13,27H,14-17H2,1H3,(H2,24,25,26)/t23-/m1/s1. The van der Waals surface area contributed by atoms with Crippen LogP contribution in [-0.4, -0.2) is 23.3 Å². The number of carbonyl (C=O) groups excluding carboxylic acids is 1. The number of urea groups is 1. The third-order valence-electron chi connectivity index (χ3n) is 4.74. The van der Waals surface area contributed by atoms with Gasteiger partial charge in [-0.2, -0.15) is 0 Å². The first-order valence-electron chi connectivity index (χ1n) is 9.28. The van der Waals surface area contributed by atoms with Gasteiger partial charge < -0.3 is 15.7 Å². The second-order valence-corrected chi connectivity index (χ2v) is 7.16. The molecule has 0 radical (unpaired) electrons. The lowest BCUT2D eigenvalue weighted by atomic mass is 9.97. The fraction of sp³-hybridized carbons (Fsp3) is 0.261. The van der Waals surface area contributed by atoms with Gasteiger partial charge in [0.1, 0.15) is 0 Å². The minimum Gasteiger partial charge on any atom is -0.388 e. The van der Waals surface area contributed by atoms with Crippen molar-refractivity contribution in [3.8, 4) is 0 Å². The Kier molecular flexibility index (Phi) is 6.09. The van der Waals surface area contributed by atoms with E-state index in [1.165, 1.54) is 5.56 Å². The monoisotopic (exact) mass is 362 g/mol. The Labute approximate surface area is 160 Å². The summed E-state index contributed by atoms with van der Waals surface area (Å²) in [6.45, 7) is 2.40. The minimum absolute atomic E-state index is 0.210. The van der Waals surface area contributed by atoms with Crippen molar-refractivity contribution in [2.45, 2.75) is 31.9 Å². The summed E-state index contributed by atoms with van der Waals surface area (Å²) in [6, 6.07) is 23.9. The highest BCUT2D eigenvalue weighted by Gasteiger charge is 2.21. The number of aryl methyl sites for hydroxylation is 1. The average Bonchev–Trinajstić information content (AvgIpc) is 2.70. The van der Waals surface area contributed by atoms with Gasteiger partial charge in [0.25, 0.3) is 0 Å². The fourth-order valence-corrected chi connectivity index (χ4v) is 3.10. The number of fused-ring (bicyclic) bond motifs is 1. The van der Waals surface area contributed by atoms with Gasteiger partial charge in [-0.1, -0.05) is 72.8 Å². The summed E-state index contributed by atoms with van der Waals surface area (Å²) in [5.41, 5.74) is 1.30. The first kappa shape index (κ1) is 18.9. The van der Waals surface area contributed by atoms with Crippen LogP contribution >= 0.6 is 0 Å². The second kappa shape index (κ2) is 8.69. The van der Waals surface area contributed by atoms with Crippen LogP contribution in [0.3, 0.4) is 0 Å². The Morgan fingerprint density at radius 1 is 0.926 bits per heavy atom. The molecule has 0 saturated carbocycles. The van der Waals surface area contributed by atoms with Crippen molar-refractivity contribution in [1.82, 2.24) is 10.6 Å². The molecule has 4 heteroatoms. The predicted molar refractivity (Wildman–Crippen MR) is 110 cm³/mol. The molecule has 0 aliphatic heterocycles. The van der Waals surface area contributed by atoms with Crippen LogP contribution in [0.25, 0.3) is 10.8 Å². The maximum Gasteiger partial charge on any atom is 0.315 e. The molecule has 0 fully saturated rings. The van der Waals surface area contributed by atoms with E-state index in [0.717, 1.165) is 22.8 Å². The molecule has 0 spiro atoms. The molecule has 0 heterocycles. The van der Waals surface area contributed by atoms with E-state index in [9.17, 15) is 9.90 Å². The molecule has 0 aromatic heterocycles. The molecule has 3 N–H and O–H groups in total. The van der Waals surface area contributed by atoms with Crippen molar-refractivity contribution >= 4 is 16.8 Å². The van der Waals surface area contributed by atoms with Crippen molar-refractivity contribution in [2.24, 2.45) is 0 Å². The zero-order valence-electron chi connectivity index (χ0n) is 15.6. The molecule has 140 valence electrons. The van der Waals surface area contributed by atoms with Gasteiger partial charge >= 0.3 is 6.03 Å². The molecule has 0 saturated heterocycles. The van der Waals surface area contributed by atoms with E-state index >= 15 is 0 Å². The van der Waals surface area contributed by atoms with Crippen molar-refractivity contribution in [1.29, 1.82) is 0 Å². The average molecular weight is 362 g/mol. The lowest BCUT2D eigenvalue weighted by molar-refractivity contribution is 0.0534. The van der Waals surface area contributed by atoms with Gasteiger partial charge in [0, 0.05) is 13.1 Å². The zero-order valence-corrected chi connectivity index (χ0v) is 15.6. The number of rotatable bonds is 7. The van der Waals surface area contributed by atoms with Crippen LogP contribution in [0.2, 0.25) is 0 Å². The van der Waals surface area contributed by atoms with E-state index in [1.54, 1.807) is 6.92 Å². The molecule has 1 atom stereocenters. The highest BCUT2D eigenvalue weighted by atomic mass is 16.3. The molecule has 4 nitrogen and oxygen atoms in total. The largest absolute Gasteiger partial charge is 0.388 e. The highest BCUT2D eigenvalue weighted by molar-refractivity contribution is 5.86. The van der Waals surface area contributed by atoms with Crippen LogP contribution in [0.1, 0.15) is 24.5 Å². The summed E-state index contributed by atoms with van der Waals surface area (Å²) >= 11 is 0. The van der Waals surface area contributed by atoms with Crippen molar-refractivity contribution in [2.75, 3.05) is 6.54 Å². The normalized spacial score (nSPS) is 13.1. The summed E-state index contributed by atoms with van der Waals surface area (Å²) in [6.07, 6.45) is 1.35. The van der Waals surface area contributed by atoms with Gasteiger partial charge in [0.2, 0.25) is 0 Å². The fourth-order valence-electron chi connectivity index (χ4n) is 3.10. The molecule has 27 heavy (non-hydrogen) atoms. The van der Waals surface area contributed by atoms with Gasteiger partial charge in [-0.25, -0.2) is 4.79 Å². The van der Waals surface area contributed by atoms with Gasteiger partial charge in [-0.15, -0.1) is 0 Å². The summed E-state index contributed by atoms with van der Waals surface area (Å²) in [7, 11) is 0. The second-order valence-electron chi connectivity index (χ2n) is 7.16. The Hall–Kier alpha value is -2.85. The highest BCUT2D eigenvalue weighted by Crippen LogP contribution is 2.18. The molecule has 3 aromatic rings. The van der Waals surface area contributed by atoms with Crippen LogP contribution in [0.15, 0.2) is 72.8 Å². The number of hydrogen-bond acceptors (Lipinski definition) is 2. The van der Waals surface area contributed by atoms with Gasteiger partial charge in [0.15, 0.2) is 0 Å². The zero-order chi connectivity index (χ0) is 19.1. The van der Waals surface area contributed by atoms with E-state index in [2.05, 4.69) is 28.8 Å². The predicted octanol–water partition coefficient (Wildman–Crippen LogP) is 4.02. The topological polar surface area (TPSA) is 61.4 Å². The van der Waals surface area contributed by atoms with E-state index in [-0.39, 0.29) is 12.6 Å². The maximum atomic E-state index is 12.1. The van der Waals surface area contributed by atoms with Crippen LogP contribution < -0.4 is 10.6 Å². The van der Waals surface area contributed by atoms with Gasteiger partial charge in [-0.05, 0) is 41.7 Å². The van der Waals surface area contributed by atoms with Gasteiger partial charge in [0.05, 0.1) is 5.60 Å². The Morgan fingerprint density at radius 3 is 2.44 bits per heavy atom. The smallest absolute Gasteiger partial charge is 0.315 e. The molecule has 0 aliphatic rings. The minimum atomic E-state index is -0.952. The lowest BCUT2D eigenvalue weighted by Crippen LogP contribution is -2.44. The van der Waals surface area contributed by atoms with E-state index in [4.69, 9.17) is 0 Å². The molecule has 0 bridgehead atoms. The van der Waals surface area contributed by atoms with Crippen molar-refractivity contribution in [3.05, 3.63) is 83.9 Å². The first-order valence-corrected chi connectivity index (χ1v) is 9.28. The number of benzene rings is 3.